The second kappa shape index (κ2) is 8.07. The zero-order chi connectivity index (χ0) is 17.5. The number of hydrogen-bond acceptors (Lipinski definition) is 4. The number of nitrogens with one attached hydrogen (secondary N) is 2. The first-order valence-electron chi connectivity index (χ1n) is 7.12. The Morgan fingerprint density at radius 3 is 2.42 bits per heavy atom. The molecular formula is C17H17FN2O4. The van der Waals surface area contributed by atoms with E-state index in [1.807, 2.05) is 0 Å². The number of alkyl halides is 1. The number of halogens is 1. The van der Waals surface area contributed by atoms with Crippen LogP contribution in [0, 0.1) is 0 Å². The number of amides is 2. The first-order valence-corrected chi connectivity index (χ1v) is 7.12. The van der Waals surface area contributed by atoms with Crippen molar-refractivity contribution in [2.75, 3.05) is 24.4 Å². The first kappa shape index (κ1) is 17.4. The van der Waals surface area contributed by atoms with Gasteiger partial charge in [-0.15, -0.1) is 0 Å². The Balaban J connectivity index is 2.18. The van der Waals surface area contributed by atoms with Gasteiger partial charge in [0, 0.05) is 22.5 Å². The zero-order valence-corrected chi connectivity index (χ0v) is 13.0. The Kier molecular flexibility index (Phi) is 5.86. The second-order valence-corrected chi connectivity index (χ2v) is 4.89. The standard InChI is InChI=1S/C17H17FN2O4/c1-24-14-6-4-13(5-7-14)19-17(23)11-2-3-12(10-21)15(8-11)20-16(22)9-18/h2-8,21H,9-10H2,1H3,(H,19,23)(H,20,22). The third-order valence-corrected chi connectivity index (χ3v) is 3.29. The minimum absolute atomic E-state index is 0.197. The van der Waals surface area contributed by atoms with E-state index in [0.717, 1.165) is 0 Å². The van der Waals surface area contributed by atoms with Gasteiger partial charge in [-0.3, -0.25) is 9.59 Å². The van der Waals surface area contributed by atoms with Crippen molar-refractivity contribution in [1.82, 2.24) is 0 Å². The highest BCUT2D eigenvalue weighted by Gasteiger charge is 2.12. The largest absolute Gasteiger partial charge is 0.497 e. The molecule has 0 saturated heterocycles. The van der Waals surface area contributed by atoms with Gasteiger partial charge in [-0.2, -0.15) is 0 Å². The molecule has 2 amide bonds. The Hall–Kier alpha value is -2.93. The van der Waals surface area contributed by atoms with E-state index in [1.54, 1.807) is 31.4 Å². The van der Waals surface area contributed by atoms with Crippen LogP contribution in [0.5, 0.6) is 5.75 Å². The summed E-state index contributed by atoms with van der Waals surface area (Å²) in [6.45, 7) is -1.53. The number of ether oxygens (including phenoxy) is 1. The molecule has 0 spiro atoms. The quantitative estimate of drug-likeness (QED) is 0.758. The van der Waals surface area contributed by atoms with Gasteiger partial charge >= 0.3 is 0 Å². The Morgan fingerprint density at radius 1 is 1.12 bits per heavy atom. The molecule has 0 aromatic heterocycles. The van der Waals surface area contributed by atoms with E-state index < -0.39 is 18.5 Å². The highest BCUT2D eigenvalue weighted by Crippen LogP contribution is 2.20. The summed E-state index contributed by atoms with van der Waals surface area (Å²) in [4.78, 5) is 23.5. The molecule has 3 N–H and O–H groups in total. The molecule has 0 aliphatic heterocycles. The highest BCUT2D eigenvalue weighted by molar-refractivity contribution is 6.05. The van der Waals surface area contributed by atoms with Gasteiger partial charge in [-0.1, -0.05) is 6.07 Å². The van der Waals surface area contributed by atoms with Crippen LogP contribution in [-0.2, 0) is 11.4 Å². The molecule has 126 valence electrons. The van der Waals surface area contributed by atoms with Gasteiger partial charge in [-0.25, -0.2) is 4.39 Å². The lowest BCUT2D eigenvalue weighted by molar-refractivity contribution is -0.117. The molecule has 6 nitrogen and oxygen atoms in total. The Morgan fingerprint density at radius 2 is 1.83 bits per heavy atom. The van der Waals surface area contributed by atoms with Crippen LogP contribution in [0.15, 0.2) is 42.5 Å². The Bertz CT molecular complexity index is 732. The maximum atomic E-state index is 12.4. The topological polar surface area (TPSA) is 87.7 Å². The van der Waals surface area contributed by atoms with Crippen molar-refractivity contribution in [3.63, 3.8) is 0 Å². The van der Waals surface area contributed by atoms with E-state index in [2.05, 4.69) is 10.6 Å². The van der Waals surface area contributed by atoms with Crippen LogP contribution < -0.4 is 15.4 Å². The molecule has 0 unspecified atom stereocenters. The van der Waals surface area contributed by atoms with Gasteiger partial charge in [0.1, 0.15) is 5.75 Å². The van der Waals surface area contributed by atoms with Gasteiger partial charge in [0.05, 0.1) is 13.7 Å². The van der Waals surface area contributed by atoms with Crippen molar-refractivity contribution >= 4 is 23.2 Å². The molecule has 2 aromatic rings. The molecule has 2 rings (SSSR count). The summed E-state index contributed by atoms with van der Waals surface area (Å²) in [7, 11) is 1.55. The minimum atomic E-state index is -1.19. The van der Waals surface area contributed by atoms with Gasteiger partial charge in [0.25, 0.3) is 11.8 Å². The molecule has 0 fully saturated rings. The van der Waals surface area contributed by atoms with Crippen LogP contribution in [0.3, 0.4) is 0 Å². The van der Waals surface area contributed by atoms with Crippen LogP contribution in [0.4, 0.5) is 15.8 Å². The Labute approximate surface area is 138 Å². The van der Waals surface area contributed by atoms with Crippen LogP contribution in [0.1, 0.15) is 15.9 Å². The molecular weight excluding hydrogens is 315 g/mol. The van der Waals surface area contributed by atoms with E-state index in [4.69, 9.17) is 4.74 Å². The number of rotatable bonds is 6. The third kappa shape index (κ3) is 4.30. The van der Waals surface area contributed by atoms with Crippen molar-refractivity contribution < 1.29 is 23.8 Å². The summed E-state index contributed by atoms with van der Waals surface area (Å²) < 4.78 is 17.4. The van der Waals surface area contributed by atoms with E-state index >= 15 is 0 Å². The maximum Gasteiger partial charge on any atom is 0.255 e. The average molecular weight is 332 g/mol. The lowest BCUT2D eigenvalue weighted by atomic mass is 10.1. The molecule has 2 aromatic carbocycles. The van der Waals surface area contributed by atoms with Gasteiger partial charge in [0.15, 0.2) is 6.67 Å². The minimum Gasteiger partial charge on any atom is -0.497 e. The van der Waals surface area contributed by atoms with Crippen LogP contribution >= 0.6 is 0 Å². The van der Waals surface area contributed by atoms with E-state index in [1.165, 1.54) is 18.2 Å². The number of hydrogen-bond donors (Lipinski definition) is 3. The predicted octanol–water partition coefficient (Wildman–Crippen LogP) is 2.35. The molecule has 0 atom stereocenters. The zero-order valence-electron chi connectivity index (χ0n) is 13.0. The first-order chi connectivity index (χ1) is 11.6. The fourth-order valence-electron chi connectivity index (χ4n) is 2.03. The second-order valence-electron chi connectivity index (χ2n) is 4.89. The molecule has 0 heterocycles. The molecule has 0 radical (unpaired) electrons. The van der Waals surface area contributed by atoms with Crippen LogP contribution in [-0.4, -0.2) is 30.7 Å². The number of carbonyl (C=O) groups excluding carboxylic acids is 2. The summed E-state index contributed by atoms with van der Waals surface area (Å²) >= 11 is 0. The van der Waals surface area contributed by atoms with Crippen molar-refractivity contribution in [3.05, 3.63) is 53.6 Å². The number of anilines is 2. The molecule has 0 aliphatic rings. The summed E-state index contributed by atoms with van der Waals surface area (Å²) in [6.07, 6.45) is 0. The fourth-order valence-corrected chi connectivity index (χ4v) is 2.03. The predicted molar refractivity (Wildman–Crippen MR) is 87.9 cm³/mol. The lowest BCUT2D eigenvalue weighted by Crippen LogP contribution is -2.17. The smallest absolute Gasteiger partial charge is 0.255 e. The van der Waals surface area contributed by atoms with Crippen molar-refractivity contribution in [2.45, 2.75) is 6.61 Å². The highest BCUT2D eigenvalue weighted by atomic mass is 19.1. The van der Waals surface area contributed by atoms with E-state index in [0.29, 0.717) is 17.0 Å². The summed E-state index contributed by atoms with van der Waals surface area (Å²) in [5.74, 6) is -0.589. The van der Waals surface area contributed by atoms with Crippen molar-refractivity contribution in [1.29, 1.82) is 0 Å². The van der Waals surface area contributed by atoms with E-state index in [-0.39, 0.29) is 17.9 Å². The summed E-state index contributed by atoms with van der Waals surface area (Å²) in [6, 6.07) is 11.2. The number of aliphatic hydroxyl groups is 1. The molecule has 0 saturated carbocycles. The summed E-state index contributed by atoms with van der Waals surface area (Å²) in [5.41, 5.74) is 1.42. The fraction of sp³-hybridized carbons (Fsp3) is 0.176. The van der Waals surface area contributed by atoms with Crippen LogP contribution in [0.25, 0.3) is 0 Å². The number of carbonyl (C=O) groups is 2. The molecule has 0 bridgehead atoms. The molecule has 0 aliphatic carbocycles. The van der Waals surface area contributed by atoms with Crippen molar-refractivity contribution in [2.24, 2.45) is 0 Å². The van der Waals surface area contributed by atoms with E-state index in [9.17, 15) is 19.1 Å². The van der Waals surface area contributed by atoms with Crippen molar-refractivity contribution in [3.8, 4) is 5.75 Å². The number of benzene rings is 2. The van der Waals surface area contributed by atoms with Crippen LogP contribution in [0.2, 0.25) is 0 Å². The number of methoxy groups -OCH3 is 1. The number of aliphatic hydroxyl groups excluding tert-OH is 1. The summed E-state index contributed by atoms with van der Waals surface area (Å²) in [5, 5.41) is 14.3. The van der Waals surface area contributed by atoms with Gasteiger partial charge in [-0.05, 0) is 36.4 Å². The SMILES string of the molecule is COc1ccc(NC(=O)c2ccc(CO)c(NC(=O)CF)c2)cc1. The molecule has 24 heavy (non-hydrogen) atoms. The average Bonchev–Trinajstić information content (AvgIpc) is 2.62. The van der Waals surface area contributed by atoms with Gasteiger partial charge < -0.3 is 20.5 Å². The lowest BCUT2D eigenvalue weighted by Gasteiger charge is -2.11. The molecule has 7 heteroatoms. The normalized spacial score (nSPS) is 10.1. The third-order valence-electron chi connectivity index (χ3n) is 3.29. The maximum absolute atomic E-state index is 12.4. The monoisotopic (exact) mass is 332 g/mol. The van der Waals surface area contributed by atoms with Gasteiger partial charge in [0.2, 0.25) is 0 Å².